The first-order chi connectivity index (χ1) is 5.86. The summed E-state index contributed by atoms with van der Waals surface area (Å²) < 4.78 is 0. The maximum absolute atomic E-state index is 3.57. The molecule has 1 nitrogen and oxygen atoms in total. The number of thiophene rings is 1. The molecule has 1 aliphatic rings. The van der Waals surface area contributed by atoms with Crippen molar-refractivity contribution in [1.29, 1.82) is 0 Å². The second-order valence-electron chi connectivity index (χ2n) is 3.54. The van der Waals surface area contributed by atoms with E-state index in [0.29, 0.717) is 0 Å². The van der Waals surface area contributed by atoms with Crippen LogP contribution in [0.5, 0.6) is 0 Å². The van der Waals surface area contributed by atoms with Crippen LogP contribution in [0.15, 0.2) is 11.4 Å². The summed E-state index contributed by atoms with van der Waals surface area (Å²) in [6.45, 7) is 3.27. The molecular weight excluding hydrogens is 166 g/mol. The van der Waals surface area contributed by atoms with Crippen LogP contribution in [0.1, 0.15) is 29.7 Å². The molecule has 1 aromatic rings. The third-order valence-electron chi connectivity index (χ3n) is 2.62. The van der Waals surface area contributed by atoms with E-state index in [1.54, 1.807) is 0 Å². The van der Waals surface area contributed by atoms with Gasteiger partial charge in [-0.15, -0.1) is 11.3 Å². The molecule has 0 amide bonds. The van der Waals surface area contributed by atoms with Gasteiger partial charge in [-0.25, -0.2) is 0 Å². The molecule has 1 fully saturated rings. The first kappa shape index (κ1) is 8.27. The molecule has 66 valence electrons. The van der Waals surface area contributed by atoms with Gasteiger partial charge in [-0.3, -0.25) is 0 Å². The van der Waals surface area contributed by atoms with E-state index in [1.807, 2.05) is 11.3 Å². The molecule has 0 unspecified atom stereocenters. The zero-order chi connectivity index (χ0) is 8.39. The van der Waals surface area contributed by atoms with Crippen LogP contribution in [0.3, 0.4) is 0 Å². The smallest absolute Gasteiger partial charge is 0.0304 e. The lowest BCUT2D eigenvalue weighted by Crippen LogP contribution is -2.34. The van der Waals surface area contributed by atoms with E-state index in [0.717, 1.165) is 12.6 Å². The number of aryl methyl sites for hydroxylation is 1. The van der Waals surface area contributed by atoms with E-state index >= 15 is 0 Å². The Bertz CT molecular complexity index is 250. The lowest BCUT2D eigenvalue weighted by molar-refractivity contribution is 0.339. The Morgan fingerprint density at radius 3 is 2.92 bits per heavy atom. The van der Waals surface area contributed by atoms with Crippen LogP contribution in [0.25, 0.3) is 0 Å². The van der Waals surface area contributed by atoms with Crippen molar-refractivity contribution >= 4 is 11.3 Å². The molecule has 0 aromatic carbocycles. The molecule has 1 aromatic heterocycles. The number of nitrogens with one attached hydrogen (secondary N) is 1. The summed E-state index contributed by atoms with van der Waals surface area (Å²) in [7, 11) is 0. The fourth-order valence-corrected chi connectivity index (χ4v) is 2.29. The first-order valence-electron chi connectivity index (χ1n) is 4.62. The predicted molar refractivity (Wildman–Crippen MR) is 53.5 cm³/mol. The molecule has 1 N–H and O–H groups in total. The summed E-state index contributed by atoms with van der Waals surface area (Å²) in [5.41, 5.74) is 1.44. The number of hydrogen-bond donors (Lipinski definition) is 1. The van der Waals surface area contributed by atoms with Gasteiger partial charge in [0.25, 0.3) is 0 Å². The normalized spacial score (nSPS) is 17.8. The zero-order valence-electron chi connectivity index (χ0n) is 7.47. The lowest BCUT2D eigenvalue weighted by Gasteiger charge is -2.26. The highest BCUT2D eigenvalue weighted by atomic mass is 32.1. The van der Waals surface area contributed by atoms with Crippen LogP contribution in [0.2, 0.25) is 0 Å². The van der Waals surface area contributed by atoms with Gasteiger partial charge in [0.15, 0.2) is 0 Å². The van der Waals surface area contributed by atoms with Gasteiger partial charge < -0.3 is 5.32 Å². The molecule has 12 heavy (non-hydrogen) atoms. The first-order valence-corrected chi connectivity index (χ1v) is 5.50. The van der Waals surface area contributed by atoms with Crippen molar-refractivity contribution in [3.05, 3.63) is 21.9 Å². The standard InChI is InChI=1S/C10H15NS/c1-8-5-6-12-10(8)7-11-9-3-2-4-9/h5-6,9,11H,2-4,7H2,1H3. The number of rotatable bonds is 3. The minimum Gasteiger partial charge on any atom is -0.309 e. The van der Waals surface area contributed by atoms with Crippen LogP contribution in [-0.2, 0) is 6.54 Å². The van der Waals surface area contributed by atoms with Crippen LogP contribution >= 0.6 is 11.3 Å². The van der Waals surface area contributed by atoms with Crippen molar-refractivity contribution < 1.29 is 0 Å². The molecule has 0 radical (unpaired) electrons. The molecule has 1 saturated carbocycles. The average molecular weight is 181 g/mol. The van der Waals surface area contributed by atoms with Gasteiger partial charge >= 0.3 is 0 Å². The van der Waals surface area contributed by atoms with Gasteiger partial charge in [0, 0.05) is 17.5 Å². The van der Waals surface area contributed by atoms with Gasteiger partial charge in [-0.1, -0.05) is 6.42 Å². The largest absolute Gasteiger partial charge is 0.309 e. The summed E-state index contributed by atoms with van der Waals surface area (Å²) >= 11 is 1.86. The van der Waals surface area contributed by atoms with Crippen molar-refractivity contribution in [2.75, 3.05) is 0 Å². The summed E-state index contributed by atoms with van der Waals surface area (Å²) in [6, 6.07) is 3.01. The van der Waals surface area contributed by atoms with Crippen molar-refractivity contribution in [2.24, 2.45) is 0 Å². The van der Waals surface area contributed by atoms with E-state index in [-0.39, 0.29) is 0 Å². The van der Waals surface area contributed by atoms with Crippen molar-refractivity contribution in [2.45, 2.75) is 38.8 Å². The fourth-order valence-electron chi connectivity index (χ4n) is 1.43. The third-order valence-corrected chi connectivity index (χ3v) is 3.65. The fraction of sp³-hybridized carbons (Fsp3) is 0.600. The molecule has 1 aliphatic carbocycles. The summed E-state index contributed by atoms with van der Waals surface area (Å²) in [4.78, 5) is 1.50. The van der Waals surface area contributed by atoms with Crippen LogP contribution < -0.4 is 5.32 Å². The summed E-state index contributed by atoms with van der Waals surface area (Å²) in [5, 5.41) is 5.75. The second kappa shape index (κ2) is 3.58. The van der Waals surface area contributed by atoms with Crippen molar-refractivity contribution in [3.63, 3.8) is 0 Å². The van der Waals surface area contributed by atoms with E-state index in [1.165, 1.54) is 29.7 Å². The minimum absolute atomic E-state index is 0.812. The van der Waals surface area contributed by atoms with E-state index in [4.69, 9.17) is 0 Å². The molecule has 2 rings (SSSR count). The monoisotopic (exact) mass is 181 g/mol. The Kier molecular flexibility index (Phi) is 2.47. The summed E-state index contributed by atoms with van der Waals surface area (Å²) in [5.74, 6) is 0. The SMILES string of the molecule is Cc1ccsc1CNC1CCC1. The molecule has 0 saturated heterocycles. The predicted octanol–water partition coefficient (Wildman–Crippen LogP) is 2.70. The Morgan fingerprint density at radius 2 is 2.42 bits per heavy atom. The van der Waals surface area contributed by atoms with E-state index in [9.17, 15) is 0 Å². The Balaban J connectivity index is 1.82. The highest BCUT2D eigenvalue weighted by Crippen LogP contribution is 2.20. The molecule has 0 aliphatic heterocycles. The van der Waals surface area contributed by atoms with Crippen LogP contribution in [0.4, 0.5) is 0 Å². The minimum atomic E-state index is 0.812. The van der Waals surface area contributed by atoms with Gasteiger partial charge in [0.1, 0.15) is 0 Å². The molecule has 0 atom stereocenters. The highest BCUT2D eigenvalue weighted by Gasteiger charge is 2.16. The van der Waals surface area contributed by atoms with Crippen LogP contribution in [-0.4, -0.2) is 6.04 Å². The third kappa shape index (κ3) is 1.70. The second-order valence-corrected chi connectivity index (χ2v) is 4.54. The van der Waals surface area contributed by atoms with Gasteiger partial charge in [0.05, 0.1) is 0 Å². The summed E-state index contributed by atoms with van der Waals surface area (Å²) in [6.07, 6.45) is 4.18. The maximum Gasteiger partial charge on any atom is 0.0304 e. The molecule has 0 bridgehead atoms. The molecule has 1 heterocycles. The maximum atomic E-state index is 3.57. The van der Waals surface area contributed by atoms with E-state index < -0.39 is 0 Å². The molecular formula is C10H15NS. The van der Waals surface area contributed by atoms with Crippen molar-refractivity contribution in [3.8, 4) is 0 Å². The average Bonchev–Trinajstić information content (AvgIpc) is 2.33. The Labute approximate surface area is 77.8 Å². The van der Waals surface area contributed by atoms with Crippen LogP contribution in [0, 0.1) is 6.92 Å². The highest BCUT2D eigenvalue weighted by molar-refractivity contribution is 7.10. The quantitative estimate of drug-likeness (QED) is 0.756. The molecule has 2 heteroatoms. The van der Waals surface area contributed by atoms with Gasteiger partial charge in [0.2, 0.25) is 0 Å². The Hall–Kier alpha value is -0.340. The Morgan fingerprint density at radius 1 is 1.58 bits per heavy atom. The van der Waals surface area contributed by atoms with Crippen molar-refractivity contribution in [1.82, 2.24) is 5.32 Å². The number of hydrogen-bond acceptors (Lipinski definition) is 2. The van der Waals surface area contributed by atoms with Gasteiger partial charge in [-0.05, 0) is 36.8 Å². The van der Waals surface area contributed by atoms with E-state index in [2.05, 4.69) is 23.7 Å². The lowest BCUT2D eigenvalue weighted by atomic mass is 9.93. The molecule has 0 spiro atoms. The zero-order valence-corrected chi connectivity index (χ0v) is 8.29. The van der Waals surface area contributed by atoms with Gasteiger partial charge in [-0.2, -0.15) is 0 Å². The topological polar surface area (TPSA) is 12.0 Å².